The van der Waals surface area contributed by atoms with Crippen LogP contribution in [0.2, 0.25) is 0 Å². The number of guanidine groups is 1. The summed E-state index contributed by atoms with van der Waals surface area (Å²) in [5.74, 6) is 1.32. The van der Waals surface area contributed by atoms with Gasteiger partial charge in [-0.15, -0.1) is 0 Å². The largest absolute Gasteiger partial charge is 0.504 e. The number of ether oxygens (including phenoxy) is 3. The number of nitrogens with one attached hydrogen (secondary N) is 2. The third-order valence-electron chi connectivity index (χ3n) is 8.70. The fraction of sp³-hybridized carbons (Fsp3) is 0.543. The Balaban J connectivity index is 1.83. The zero-order chi connectivity index (χ0) is 33.9. The molecule has 0 aromatic heterocycles. The maximum atomic E-state index is 12.8. The van der Waals surface area contributed by atoms with Gasteiger partial charge in [0, 0.05) is 33.5 Å². The molecule has 3 rings (SSSR count). The lowest BCUT2D eigenvalue weighted by molar-refractivity contribution is -0.114. The second-order valence-corrected chi connectivity index (χ2v) is 12.5. The Morgan fingerprint density at radius 1 is 1.17 bits per heavy atom. The van der Waals surface area contributed by atoms with E-state index in [1.165, 1.54) is 14.2 Å². The number of nitrogens with two attached hydrogens (primary N) is 1. The minimum Gasteiger partial charge on any atom is -0.504 e. The van der Waals surface area contributed by atoms with Gasteiger partial charge in [-0.05, 0) is 98.4 Å². The number of carbonyl (C=O) groups excluding carboxylic acids is 1. The predicted molar refractivity (Wildman–Crippen MR) is 181 cm³/mol. The number of aromatic hydroxyl groups is 2. The van der Waals surface area contributed by atoms with Crippen LogP contribution in [0.5, 0.6) is 23.0 Å². The Morgan fingerprint density at radius 2 is 1.91 bits per heavy atom. The van der Waals surface area contributed by atoms with Gasteiger partial charge in [0.2, 0.25) is 0 Å². The number of aliphatic hydroxyl groups is 1. The number of aliphatic imine (C=N–C) groups is 1. The average molecular weight is 641 g/mol. The highest BCUT2D eigenvalue weighted by Gasteiger charge is 2.42. The standard InChI is InChI=1S/C35H52N4O7/c1-22(2)26(9-11-27(40)10-7-23-8-12-29(41)30(17-23)44-5)15-25-16-28(39-34(36)38-4)33(43)31(18-25)46-35(21-37-3)14-13-24(20-35)19-32(42)45-6/h8-9,11-12,16-18,22,24,26,32,37,41-43H,7,10,13-15,19-21H2,1-6H3,(H3,36,38,39)/b11-9+/t24-,26-,32+,35+/m0/s1. The van der Waals surface area contributed by atoms with Crippen molar-refractivity contribution in [3.63, 3.8) is 0 Å². The number of aryl methyl sites for hydroxylation is 1. The lowest BCUT2D eigenvalue weighted by Crippen LogP contribution is -2.43. The van der Waals surface area contributed by atoms with Crippen LogP contribution in [0.4, 0.5) is 5.69 Å². The molecule has 0 unspecified atom stereocenters. The normalized spacial score (nSPS) is 19.8. The monoisotopic (exact) mass is 640 g/mol. The summed E-state index contributed by atoms with van der Waals surface area (Å²) >= 11 is 0. The number of methoxy groups -OCH3 is 2. The van der Waals surface area contributed by atoms with Gasteiger partial charge in [0.05, 0.1) is 12.8 Å². The number of allylic oxidation sites excluding steroid dienone is 2. The van der Waals surface area contributed by atoms with Crippen molar-refractivity contribution < 1.29 is 34.3 Å². The molecule has 7 N–H and O–H groups in total. The van der Waals surface area contributed by atoms with Crippen LogP contribution in [0.15, 0.2) is 47.5 Å². The number of hydrogen-bond donors (Lipinski definition) is 6. The van der Waals surface area contributed by atoms with E-state index in [2.05, 4.69) is 29.5 Å². The summed E-state index contributed by atoms with van der Waals surface area (Å²) in [7, 11) is 6.41. The number of benzene rings is 2. The Labute approximate surface area is 272 Å². The number of aliphatic hydroxyl groups excluding tert-OH is 1. The second kappa shape index (κ2) is 17.2. The van der Waals surface area contributed by atoms with Crippen molar-refractivity contribution in [2.45, 2.75) is 70.7 Å². The van der Waals surface area contributed by atoms with E-state index in [9.17, 15) is 20.1 Å². The molecule has 0 amide bonds. The van der Waals surface area contributed by atoms with Crippen LogP contribution in [0.1, 0.15) is 57.1 Å². The molecule has 46 heavy (non-hydrogen) atoms. The fourth-order valence-electron chi connectivity index (χ4n) is 6.03. The van der Waals surface area contributed by atoms with Crippen molar-refractivity contribution in [3.8, 4) is 23.0 Å². The zero-order valence-corrected chi connectivity index (χ0v) is 28.0. The highest BCUT2D eigenvalue weighted by Crippen LogP contribution is 2.45. The molecular weight excluding hydrogens is 588 g/mol. The molecule has 4 atom stereocenters. The first-order valence-electron chi connectivity index (χ1n) is 15.9. The van der Waals surface area contributed by atoms with Crippen LogP contribution in [-0.2, 0) is 22.4 Å². The van der Waals surface area contributed by atoms with Gasteiger partial charge in [-0.2, -0.15) is 0 Å². The first kappa shape index (κ1) is 36.7. The third kappa shape index (κ3) is 10.4. The first-order chi connectivity index (χ1) is 21.9. The van der Waals surface area contributed by atoms with Crippen molar-refractivity contribution >= 4 is 17.4 Å². The number of rotatable bonds is 17. The van der Waals surface area contributed by atoms with Gasteiger partial charge in [-0.25, -0.2) is 0 Å². The van der Waals surface area contributed by atoms with Gasteiger partial charge in [0.15, 0.2) is 41.0 Å². The van der Waals surface area contributed by atoms with E-state index in [-0.39, 0.29) is 41.0 Å². The van der Waals surface area contributed by atoms with Gasteiger partial charge in [-0.1, -0.05) is 26.0 Å². The molecule has 0 heterocycles. The summed E-state index contributed by atoms with van der Waals surface area (Å²) in [6.45, 7) is 4.78. The molecule has 0 radical (unpaired) electrons. The Hall–Kier alpha value is -3.80. The molecule has 254 valence electrons. The molecule has 0 saturated heterocycles. The maximum Gasteiger partial charge on any atom is 0.192 e. The minimum atomic E-state index is -0.830. The molecule has 1 fully saturated rings. The van der Waals surface area contributed by atoms with Crippen LogP contribution >= 0.6 is 0 Å². The van der Waals surface area contributed by atoms with Crippen molar-refractivity contribution in [2.75, 3.05) is 40.2 Å². The van der Waals surface area contributed by atoms with Crippen LogP contribution < -0.4 is 25.8 Å². The molecule has 1 saturated carbocycles. The summed E-state index contributed by atoms with van der Waals surface area (Å²) in [5.41, 5.74) is 7.58. The third-order valence-corrected chi connectivity index (χ3v) is 8.70. The number of ketones is 1. The van der Waals surface area contributed by atoms with Crippen molar-refractivity contribution in [1.29, 1.82) is 0 Å². The van der Waals surface area contributed by atoms with E-state index in [4.69, 9.17) is 19.9 Å². The lowest BCUT2D eigenvalue weighted by atomic mass is 9.88. The van der Waals surface area contributed by atoms with Crippen LogP contribution in [0, 0.1) is 17.8 Å². The zero-order valence-electron chi connectivity index (χ0n) is 28.0. The number of hydrogen-bond acceptors (Lipinski definition) is 9. The van der Waals surface area contributed by atoms with Crippen LogP contribution in [0.25, 0.3) is 0 Å². The van der Waals surface area contributed by atoms with E-state index >= 15 is 0 Å². The molecule has 2 aromatic carbocycles. The summed E-state index contributed by atoms with van der Waals surface area (Å²) in [6.07, 6.45) is 7.03. The number of phenolic OH excluding ortho intramolecular Hbond substituents is 2. The van der Waals surface area contributed by atoms with E-state index in [1.54, 1.807) is 31.3 Å². The van der Waals surface area contributed by atoms with Gasteiger partial charge in [0.1, 0.15) is 5.60 Å². The first-order valence-corrected chi connectivity index (χ1v) is 15.9. The quantitative estimate of drug-likeness (QED) is 0.0475. The minimum absolute atomic E-state index is 0.00472. The summed E-state index contributed by atoms with van der Waals surface area (Å²) < 4.78 is 16.9. The number of likely N-dealkylation sites (N-methyl/N-ethyl adjacent to an activating group) is 1. The smallest absolute Gasteiger partial charge is 0.192 e. The van der Waals surface area contributed by atoms with E-state index in [1.807, 2.05) is 25.3 Å². The summed E-state index contributed by atoms with van der Waals surface area (Å²) in [5, 5.41) is 37.4. The molecular formula is C35H52N4O7. The lowest BCUT2D eigenvalue weighted by Gasteiger charge is -2.32. The number of anilines is 1. The Kier molecular flexibility index (Phi) is 13.7. The SMILES string of the molecule is CN=C(N)Nc1cc(C[C@H](/C=C/C(=O)CCc2ccc(O)c(OC)c2)C(C)C)cc(O[C@]2(CNC)CC[C@@H](C[C@H](O)OC)C2)c1O. The highest BCUT2D eigenvalue weighted by molar-refractivity contribution is 5.94. The molecule has 0 bridgehead atoms. The number of carbonyl (C=O) groups is 1. The molecule has 11 heteroatoms. The predicted octanol–water partition coefficient (Wildman–Crippen LogP) is 4.53. The second-order valence-electron chi connectivity index (χ2n) is 12.5. The molecule has 1 aliphatic rings. The van der Waals surface area contributed by atoms with Gasteiger partial charge in [0.25, 0.3) is 0 Å². The topological polar surface area (TPSA) is 168 Å². The molecule has 0 aliphatic heterocycles. The molecule has 0 spiro atoms. The van der Waals surface area contributed by atoms with Gasteiger partial charge >= 0.3 is 0 Å². The van der Waals surface area contributed by atoms with E-state index in [0.717, 1.165) is 24.0 Å². The number of nitrogens with zero attached hydrogens (tertiary/aromatic N) is 1. The van der Waals surface area contributed by atoms with Crippen LogP contribution in [-0.4, -0.2) is 73.8 Å². The summed E-state index contributed by atoms with van der Waals surface area (Å²) in [4.78, 5) is 16.8. The Bertz CT molecular complexity index is 1360. The van der Waals surface area contributed by atoms with Crippen molar-refractivity contribution in [3.05, 3.63) is 53.6 Å². The van der Waals surface area contributed by atoms with Crippen LogP contribution in [0.3, 0.4) is 0 Å². The molecule has 1 aliphatic carbocycles. The Morgan fingerprint density at radius 3 is 2.57 bits per heavy atom. The van der Waals surface area contributed by atoms with Gasteiger partial charge in [-0.3, -0.25) is 9.79 Å². The average Bonchev–Trinajstić information content (AvgIpc) is 3.41. The van der Waals surface area contributed by atoms with Crippen molar-refractivity contribution in [1.82, 2.24) is 5.32 Å². The molecule has 2 aromatic rings. The van der Waals surface area contributed by atoms with Crippen molar-refractivity contribution in [2.24, 2.45) is 28.5 Å². The summed E-state index contributed by atoms with van der Waals surface area (Å²) in [6, 6.07) is 8.79. The molecule has 11 nitrogen and oxygen atoms in total. The van der Waals surface area contributed by atoms with E-state index < -0.39 is 11.9 Å². The van der Waals surface area contributed by atoms with Gasteiger partial charge < -0.3 is 45.9 Å². The number of phenols is 2. The highest BCUT2D eigenvalue weighted by atomic mass is 16.6. The van der Waals surface area contributed by atoms with E-state index in [0.29, 0.717) is 55.8 Å². The fourth-order valence-corrected chi connectivity index (χ4v) is 6.03. The maximum absolute atomic E-state index is 12.8.